The number of aromatic hydroxyl groups is 1. The number of aryl methyl sites for hydroxylation is 1. The van der Waals surface area contributed by atoms with E-state index in [2.05, 4.69) is 0 Å². The molecule has 0 unspecified atom stereocenters. The van der Waals surface area contributed by atoms with Gasteiger partial charge in [-0.15, -0.1) is 0 Å². The topological polar surface area (TPSA) is 72.5 Å². The zero-order chi connectivity index (χ0) is 10.0. The molecule has 0 saturated carbocycles. The van der Waals surface area contributed by atoms with Crippen molar-refractivity contribution >= 4 is 5.91 Å². The number of carbonyl (C=O) groups excluding carboxylic acids is 1. The van der Waals surface area contributed by atoms with Crippen LogP contribution >= 0.6 is 0 Å². The van der Waals surface area contributed by atoms with Crippen molar-refractivity contribution in [1.82, 2.24) is 0 Å². The zero-order valence-electron chi connectivity index (χ0n) is 7.50. The maximum atomic E-state index is 10.9. The van der Waals surface area contributed by atoms with Gasteiger partial charge in [-0.3, -0.25) is 4.79 Å². The van der Waals surface area contributed by atoms with Gasteiger partial charge in [-0.25, -0.2) is 0 Å². The summed E-state index contributed by atoms with van der Waals surface area (Å²) in [4.78, 5) is 10.9. The predicted octanol–water partition coefficient (Wildman–Crippen LogP) is 0.808. The summed E-state index contributed by atoms with van der Waals surface area (Å²) >= 11 is 0. The molecule has 70 valence electrons. The van der Waals surface area contributed by atoms with Gasteiger partial charge in [0.25, 0.3) is 5.91 Å². The second-order valence-electron chi connectivity index (χ2n) is 2.67. The van der Waals surface area contributed by atoms with Crippen molar-refractivity contribution < 1.29 is 14.6 Å². The molecule has 4 heteroatoms. The molecule has 0 bridgehead atoms. The molecule has 3 N–H and O–H groups in total. The third-order valence-corrected chi connectivity index (χ3v) is 1.82. The van der Waals surface area contributed by atoms with E-state index in [0.29, 0.717) is 5.56 Å². The second kappa shape index (κ2) is 3.35. The Morgan fingerprint density at radius 2 is 2.15 bits per heavy atom. The molecule has 0 spiro atoms. The average Bonchev–Trinajstić information content (AvgIpc) is 2.04. The van der Waals surface area contributed by atoms with Gasteiger partial charge in [-0.1, -0.05) is 6.07 Å². The van der Waals surface area contributed by atoms with Gasteiger partial charge in [0, 0.05) is 0 Å². The van der Waals surface area contributed by atoms with Crippen LogP contribution in [-0.2, 0) is 0 Å². The molecule has 0 aliphatic rings. The number of amides is 1. The third kappa shape index (κ3) is 1.56. The molecule has 1 amide bonds. The van der Waals surface area contributed by atoms with Crippen LogP contribution < -0.4 is 10.5 Å². The molecule has 0 saturated heterocycles. The van der Waals surface area contributed by atoms with Crippen LogP contribution in [0.15, 0.2) is 12.1 Å². The highest BCUT2D eigenvalue weighted by atomic mass is 16.5. The number of rotatable bonds is 2. The first-order valence-corrected chi connectivity index (χ1v) is 3.74. The van der Waals surface area contributed by atoms with E-state index in [0.717, 1.165) is 0 Å². The predicted molar refractivity (Wildman–Crippen MR) is 47.9 cm³/mol. The number of hydrogen-bond donors (Lipinski definition) is 2. The molecule has 0 aromatic heterocycles. The van der Waals surface area contributed by atoms with Crippen molar-refractivity contribution in [3.8, 4) is 11.5 Å². The van der Waals surface area contributed by atoms with Crippen molar-refractivity contribution in [1.29, 1.82) is 0 Å². The molecular formula is C9H11NO3. The number of benzene rings is 1. The lowest BCUT2D eigenvalue weighted by Crippen LogP contribution is -2.13. The number of primary amides is 1. The summed E-state index contributed by atoms with van der Waals surface area (Å²) in [5.41, 5.74) is 5.83. The van der Waals surface area contributed by atoms with Crippen LogP contribution in [-0.4, -0.2) is 18.1 Å². The SMILES string of the molecule is COc1ccc(C)c(C(N)=O)c1O. The van der Waals surface area contributed by atoms with Gasteiger partial charge in [-0.2, -0.15) is 0 Å². The molecule has 4 nitrogen and oxygen atoms in total. The van der Waals surface area contributed by atoms with Crippen LogP contribution in [0.5, 0.6) is 11.5 Å². The summed E-state index contributed by atoms with van der Waals surface area (Å²) in [6.07, 6.45) is 0. The first kappa shape index (κ1) is 9.38. The molecule has 0 heterocycles. The van der Waals surface area contributed by atoms with Crippen LogP contribution in [0.1, 0.15) is 15.9 Å². The molecule has 0 radical (unpaired) electrons. The van der Waals surface area contributed by atoms with Crippen molar-refractivity contribution in [2.24, 2.45) is 5.73 Å². The van der Waals surface area contributed by atoms with E-state index in [9.17, 15) is 9.90 Å². The fourth-order valence-corrected chi connectivity index (χ4v) is 1.15. The van der Waals surface area contributed by atoms with Crippen LogP contribution in [0.25, 0.3) is 0 Å². The molecule has 1 aromatic rings. The highest BCUT2D eigenvalue weighted by molar-refractivity contribution is 5.97. The number of ether oxygens (including phenoxy) is 1. The van der Waals surface area contributed by atoms with Gasteiger partial charge >= 0.3 is 0 Å². The summed E-state index contributed by atoms with van der Waals surface area (Å²) in [6, 6.07) is 3.25. The van der Waals surface area contributed by atoms with E-state index in [-0.39, 0.29) is 17.1 Å². The largest absolute Gasteiger partial charge is 0.504 e. The quantitative estimate of drug-likeness (QED) is 0.709. The van der Waals surface area contributed by atoms with Crippen LogP contribution in [0.3, 0.4) is 0 Å². The Morgan fingerprint density at radius 1 is 1.54 bits per heavy atom. The van der Waals surface area contributed by atoms with Gasteiger partial charge in [-0.05, 0) is 18.6 Å². The zero-order valence-corrected chi connectivity index (χ0v) is 7.50. The minimum absolute atomic E-state index is 0.111. The number of methoxy groups -OCH3 is 1. The Balaban J connectivity index is 3.38. The Kier molecular flexibility index (Phi) is 2.41. The standard InChI is InChI=1S/C9H11NO3/c1-5-3-4-6(13-2)8(11)7(5)9(10)12/h3-4,11H,1-2H3,(H2,10,12). The normalized spacial score (nSPS) is 9.69. The van der Waals surface area contributed by atoms with Crippen molar-refractivity contribution in [3.05, 3.63) is 23.3 Å². The monoisotopic (exact) mass is 181 g/mol. The minimum Gasteiger partial charge on any atom is -0.504 e. The summed E-state index contributed by atoms with van der Waals surface area (Å²) in [5.74, 6) is -0.608. The summed E-state index contributed by atoms with van der Waals surface area (Å²) in [6.45, 7) is 1.69. The van der Waals surface area contributed by atoms with Gasteiger partial charge < -0.3 is 15.6 Å². The number of phenols is 1. The van der Waals surface area contributed by atoms with Gasteiger partial charge in [0.2, 0.25) is 0 Å². The Bertz CT molecular complexity index is 347. The van der Waals surface area contributed by atoms with E-state index in [1.165, 1.54) is 7.11 Å². The maximum Gasteiger partial charge on any atom is 0.252 e. The molecule has 13 heavy (non-hydrogen) atoms. The van der Waals surface area contributed by atoms with E-state index in [4.69, 9.17) is 10.5 Å². The van der Waals surface area contributed by atoms with Gasteiger partial charge in [0.1, 0.15) is 0 Å². The number of nitrogens with two attached hydrogens (primary N) is 1. The molecule has 0 fully saturated rings. The smallest absolute Gasteiger partial charge is 0.252 e. The second-order valence-corrected chi connectivity index (χ2v) is 2.67. The van der Waals surface area contributed by atoms with Crippen molar-refractivity contribution in [3.63, 3.8) is 0 Å². The molecular weight excluding hydrogens is 170 g/mol. The summed E-state index contributed by atoms with van der Waals surface area (Å²) < 4.78 is 4.83. The fraction of sp³-hybridized carbons (Fsp3) is 0.222. The molecule has 0 aliphatic carbocycles. The maximum absolute atomic E-state index is 10.9. The molecule has 1 aromatic carbocycles. The fourth-order valence-electron chi connectivity index (χ4n) is 1.15. The highest BCUT2D eigenvalue weighted by Gasteiger charge is 2.14. The Morgan fingerprint density at radius 3 is 2.62 bits per heavy atom. The Labute approximate surface area is 75.9 Å². The van der Waals surface area contributed by atoms with Crippen LogP contribution in [0.4, 0.5) is 0 Å². The van der Waals surface area contributed by atoms with E-state index >= 15 is 0 Å². The number of hydrogen-bond acceptors (Lipinski definition) is 3. The third-order valence-electron chi connectivity index (χ3n) is 1.82. The average molecular weight is 181 g/mol. The van der Waals surface area contributed by atoms with Gasteiger partial charge in [0.15, 0.2) is 11.5 Å². The summed E-state index contributed by atoms with van der Waals surface area (Å²) in [7, 11) is 1.41. The molecule has 1 rings (SSSR count). The minimum atomic E-state index is -0.658. The lowest BCUT2D eigenvalue weighted by atomic mass is 10.1. The van der Waals surface area contributed by atoms with E-state index in [1.807, 2.05) is 0 Å². The van der Waals surface area contributed by atoms with Gasteiger partial charge in [0.05, 0.1) is 12.7 Å². The first-order chi connectivity index (χ1) is 6.07. The Hall–Kier alpha value is -1.71. The van der Waals surface area contributed by atoms with E-state index in [1.54, 1.807) is 19.1 Å². The molecule has 0 atom stereocenters. The first-order valence-electron chi connectivity index (χ1n) is 3.74. The van der Waals surface area contributed by atoms with Crippen LogP contribution in [0.2, 0.25) is 0 Å². The lowest BCUT2D eigenvalue weighted by molar-refractivity contribution is 0.0996. The summed E-state index contributed by atoms with van der Waals surface area (Å²) in [5, 5.41) is 9.51. The molecule has 0 aliphatic heterocycles. The number of carbonyl (C=O) groups is 1. The highest BCUT2D eigenvalue weighted by Crippen LogP contribution is 2.31. The van der Waals surface area contributed by atoms with Crippen molar-refractivity contribution in [2.75, 3.05) is 7.11 Å². The van der Waals surface area contributed by atoms with Crippen LogP contribution in [0, 0.1) is 6.92 Å². The van der Waals surface area contributed by atoms with Crippen molar-refractivity contribution in [2.45, 2.75) is 6.92 Å². The van der Waals surface area contributed by atoms with E-state index < -0.39 is 5.91 Å². The lowest BCUT2D eigenvalue weighted by Gasteiger charge is -2.08.